The third-order valence-corrected chi connectivity index (χ3v) is 7.06. The monoisotopic (exact) mass is 496 g/mol. The van der Waals surface area contributed by atoms with Crippen molar-refractivity contribution in [1.82, 2.24) is 30.4 Å². The van der Waals surface area contributed by atoms with Gasteiger partial charge in [-0.25, -0.2) is 4.98 Å². The molecule has 0 radical (unpaired) electrons. The van der Waals surface area contributed by atoms with Crippen LogP contribution in [0, 0.1) is 6.92 Å². The predicted molar refractivity (Wildman–Crippen MR) is 157 cm³/mol. The van der Waals surface area contributed by atoms with Crippen molar-refractivity contribution in [1.29, 1.82) is 0 Å². The second kappa shape index (κ2) is 12.5. The summed E-state index contributed by atoms with van der Waals surface area (Å²) in [4.78, 5) is 10.7. The predicted octanol–water partition coefficient (Wildman–Crippen LogP) is 6.79. The molecular formula is C31H40N6. The van der Waals surface area contributed by atoms with Crippen molar-refractivity contribution < 1.29 is 0 Å². The van der Waals surface area contributed by atoms with Gasteiger partial charge < -0.3 is 15.2 Å². The lowest BCUT2D eigenvalue weighted by Crippen LogP contribution is -2.23. The number of piperidine rings is 1. The Morgan fingerprint density at radius 3 is 2.73 bits per heavy atom. The van der Waals surface area contributed by atoms with E-state index in [-0.39, 0.29) is 0 Å². The van der Waals surface area contributed by atoms with Gasteiger partial charge in [0.2, 0.25) is 0 Å². The fourth-order valence-electron chi connectivity index (χ4n) is 4.89. The minimum atomic E-state index is 0.772. The number of H-pyrrole nitrogens is 2. The Labute approximate surface area is 221 Å². The summed E-state index contributed by atoms with van der Waals surface area (Å²) in [5.41, 5.74) is 8.55. The van der Waals surface area contributed by atoms with Crippen LogP contribution in [0.3, 0.4) is 0 Å². The molecule has 2 aromatic heterocycles. The standard InChI is InChI=1S/C31H40N6/c1-6-24(21-32-8-3)22(4)26(7-2)25-15-16-29-27(20-25)30(36-35-29)31-33-23(5)28(34-31)14-10-13-19-37-17-11-9-12-18-37/h6-7,10,13-16,19-20,32H,1,8-9,11-12,17-18,21H2,2-5H3,(H,33,34)(H,35,36)/b14-10-,19-13+,24-22+,26-7+. The zero-order valence-corrected chi connectivity index (χ0v) is 22.7. The summed E-state index contributed by atoms with van der Waals surface area (Å²) in [5, 5.41) is 12.3. The van der Waals surface area contributed by atoms with E-state index < -0.39 is 0 Å². The molecule has 1 aliphatic heterocycles. The molecule has 3 aromatic rings. The molecule has 0 unspecified atom stereocenters. The number of fused-ring (bicyclic) bond motifs is 1. The van der Waals surface area contributed by atoms with Crippen molar-refractivity contribution in [3.05, 3.63) is 83.4 Å². The van der Waals surface area contributed by atoms with Gasteiger partial charge in [0.15, 0.2) is 5.82 Å². The summed E-state index contributed by atoms with van der Waals surface area (Å²) in [5.74, 6) is 0.772. The molecule has 0 amide bonds. The minimum Gasteiger partial charge on any atom is -0.377 e. The first-order chi connectivity index (χ1) is 18.0. The quantitative estimate of drug-likeness (QED) is 0.270. The molecule has 1 saturated heterocycles. The number of hydrogen-bond donors (Lipinski definition) is 3. The number of likely N-dealkylation sites (N-methyl/N-ethyl adjacent to an activating group) is 1. The highest BCUT2D eigenvalue weighted by atomic mass is 15.1. The summed E-state index contributed by atoms with van der Waals surface area (Å²) in [6, 6.07) is 6.45. The molecule has 0 saturated carbocycles. The summed E-state index contributed by atoms with van der Waals surface area (Å²) >= 11 is 0. The Kier molecular flexibility index (Phi) is 8.96. The number of nitrogens with zero attached hydrogens (tertiary/aromatic N) is 3. The third-order valence-electron chi connectivity index (χ3n) is 7.06. The molecule has 6 heteroatoms. The Morgan fingerprint density at radius 1 is 1.19 bits per heavy atom. The number of allylic oxidation sites excluding steroid dienone is 5. The molecule has 4 rings (SSSR count). The fraction of sp³-hybridized carbons (Fsp3) is 0.355. The molecule has 194 valence electrons. The number of hydrogen-bond acceptors (Lipinski definition) is 4. The number of imidazole rings is 1. The molecule has 0 aliphatic carbocycles. The average Bonchev–Trinajstić information content (AvgIpc) is 3.51. The number of aromatic nitrogens is 4. The van der Waals surface area contributed by atoms with Gasteiger partial charge in [0.05, 0.1) is 11.2 Å². The van der Waals surface area contributed by atoms with Crippen LogP contribution in [0.5, 0.6) is 0 Å². The molecule has 0 spiro atoms. The van der Waals surface area contributed by atoms with Crippen molar-refractivity contribution in [3.63, 3.8) is 0 Å². The Bertz CT molecular complexity index is 1340. The van der Waals surface area contributed by atoms with Crippen molar-refractivity contribution in [2.45, 2.75) is 47.0 Å². The summed E-state index contributed by atoms with van der Waals surface area (Å²) in [6.07, 6.45) is 16.5. The number of aryl methyl sites for hydroxylation is 1. The van der Waals surface area contributed by atoms with Gasteiger partial charge in [0, 0.05) is 30.7 Å². The number of aromatic amines is 2. The van der Waals surface area contributed by atoms with Gasteiger partial charge in [-0.2, -0.15) is 5.10 Å². The van der Waals surface area contributed by atoms with Gasteiger partial charge in [0.1, 0.15) is 5.69 Å². The van der Waals surface area contributed by atoms with Gasteiger partial charge in [0.25, 0.3) is 0 Å². The molecule has 1 aromatic carbocycles. The molecule has 37 heavy (non-hydrogen) atoms. The van der Waals surface area contributed by atoms with Gasteiger partial charge >= 0.3 is 0 Å². The van der Waals surface area contributed by atoms with Crippen LogP contribution in [0.15, 0.2) is 66.4 Å². The van der Waals surface area contributed by atoms with Crippen LogP contribution in [-0.4, -0.2) is 51.2 Å². The van der Waals surface area contributed by atoms with E-state index in [4.69, 9.17) is 4.98 Å². The van der Waals surface area contributed by atoms with Crippen molar-refractivity contribution >= 4 is 22.6 Å². The maximum absolute atomic E-state index is 4.87. The molecule has 0 atom stereocenters. The highest BCUT2D eigenvalue weighted by molar-refractivity contribution is 5.95. The first-order valence-corrected chi connectivity index (χ1v) is 13.4. The lowest BCUT2D eigenvalue weighted by atomic mass is 9.93. The molecule has 1 aliphatic rings. The van der Waals surface area contributed by atoms with E-state index in [0.29, 0.717) is 0 Å². The summed E-state index contributed by atoms with van der Waals surface area (Å²) in [7, 11) is 0. The number of likely N-dealkylation sites (tertiary alicyclic amines) is 1. The van der Waals surface area contributed by atoms with E-state index in [0.717, 1.165) is 65.6 Å². The first kappa shape index (κ1) is 26.4. The normalized spacial score (nSPS) is 15.8. The Hall–Kier alpha value is -3.64. The van der Waals surface area contributed by atoms with E-state index in [1.807, 2.05) is 6.08 Å². The summed E-state index contributed by atoms with van der Waals surface area (Å²) < 4.78 is 0. The maximum Gasteiger partial charge on any atom is 0.159 e. The first-order valence-electron chi connectivity index (χ1n) is 13.4. The fourth-order valence-corrected chi connectivity index (χ4v) is 4.89. The Morgan fingerprint density at radius 2 is 2.00 bits per heavy atom. The molecule has 3 heterocycles. The Balaban J connectivity index is 1.61. The SMILES string of the molecule is C=C/C(CNCC)=C(C)\C(=C/C)c1ccc2[nH]nc(-c3nc(/C=C\C=C\N4CCCCC4)c(C)[nH]3)c2c1. The maximum atomic E-state index is 4.87. The van der Waals surface area contributed by atoms with Crippen LogP contribution < -0.4 is 5.32 Å². The van der Waals surface area contributed by atoms with Crippen LogP contribution >= 0.6 is 0 Å². The molecule has 0 bridgehead atoms. The lowest BCUT2D eigenvalue weighted by Gasteiger charge is -2.24. The van der Waals surface area contributed by atoms with Gasteiger partial charge in [-0.3, -0.25) is 5.10 Å². The third kappa shape index (κ3) is 6.20. The second-order valence-corrected chi connectivity index (χ2v) is 9.56. The molecule has 1 fully saturated rings. The number of rotatable bonds is 10. The topological polar surface area (TPSA) is 72.6 Å². The highest BCUT2D eigenvalue weighted by Gasteiger charge is 2.16. The number of nitrogens with one attached hydrogen (secondary N) is 3. The van der Waals surface area contributed by atoms with E-state index in [1.54, 1.807) is 0 Å². The second-order valence-electron chi connectivity index (χ2n) is 9.56. The summed E-state index contributed by atoms with van der Waals surface area (Å²) in [6.45, 7) is 16.5. The van der Waals surface area contributed by atoms with Crippen molar-refractivity contribution in [2.24, 2.45) is 0 Å². The average molecular weight is 497 g/mol. The largest absolute Gasteiger partial charge is 0.377 e. The van der Waals surface area contributed by atoms with Crippen LogP contribution in [0.2, 0.25) is 0 Å². The zero-order valence-electron chi connectivity index (χ0n) is 22.7. The lowest BCUT2D eigenvalue weighted by molar-refractivity contribution is 0.309. The number of benzene rings is 1. The zero-order chi connectivity index (χ0) is 26.2. The van der Waals surface area contributed by atoms with Gasteiger partial charge in [-0.15, -0.1) is 0 Å². The minimum absolute atomic E-state index is 0.772. The molecule has 6 nitrogen and oxygen atoms in total. The molecular weight excluding hydrogens is 456 g/mol. The van der Waals surface area contributed by atoms with E-state index in [9.17, 15) is 0 Å². The van der Waals surface area contributed by atoms with E-state index in [2.05, 4.69) is 108 Å². The highest BCUT2D eigenvalue weighted by Crippen LogP contribution is 2.31. The molecule has 3 N–H and O–H groups in total. The van der Waals surface area contributed by atoms with Gasteiger partial charge in [-0.1, -0.05) is 37.8 Å². The van der Waals surface area contributed by atoms with Crippen molar-refractivity contribution in [2.75, 3.05) is 26.2 Å². The van der Waals surface area contributed by atoms with Crippen LogP contribution in [0.4, 0.5) is 0 Å². The smallest absolute Gasteiger partial charge is 0.159 e. The van der Waals surface area contributed by atoms with Crippen LogP contribution in [0.25, 0.3) is 34.1 Å². The van der Waals surface area contributed by atoms with E-state index in [1.165, 1.54) is 36.0 Å². The van der Waals surface area contributed by atoms with Crippen LogP contribution in [0.1, 0.15) is 57.0 Å². The van der Waals surface area contributed by atoms with Crippen LogP contribution in [-0.2, 0) is 0 Å². The van der Waals surface area contributed by atoms with Crippen molar-refractivity contribution in [3.8, 4) is 11.5 Å². The van der Waals surface area contributed by atoms with Gasteiger partial charge in [-0.05, 0) is 99.3 Å². The van der Waals surface area contributed by atoms with E-state index >= 15 is 0 Å².